The molecule has 2 aromatic rings. The van der Waals surface area contributed by atoms with Gasteiger partial charge >= 0.3 is 0 Å². The molecule has 4 nitrogen and oxygen atoms in total. The molecule has 1 atom stereocenters. The van der Waals surface area contributed by atoms with Gasteiger partial charge in [-0.15, -0.1) is 0 Å². The van der Waals surface area contributed by atoms with Crippen LogP contribution in [0.4, 0.5) is 0 Å². The number of carbonyl (C=O) groups excluding carboxylic acids is 2. The lowest BCUT2D eigenvalue weighted by molar-refractivity contribution is 0.0709. The minimum atomic E-state index is 0.0840. The molecule has 26 heavy (non-hydrogen) atoms. The predicted octanol–water partition coefficient (Wildman–Crippen LogP) is 3.38. The number of amides is 1. The Kier molecular flexibility index (Phi) is 4.60. The van der Waals surface area contributed by atoms with Crippen molar-refractivity contribution in [2.45, 2.75) is 25.8 Å². The Morgan fingerprint density at radius 2 is 1.77 bits per heavy atom. The summed E-state index contributed by atoms with van der Waals surface area (Å²) in [6.07, 6.45) is 2.05. The number of carbonyl (C=O) groups is 2. The molecule has 0 spiro atoms. The lowest BCUT2D eigenvalue weighted by atomic mass is 9.99. The van der Waals surface area contributed by atoms with Gasteiger partial charge in [-0.05, 0) is 43.0 Å². The molecule has 2 aromatic carbocycles. The van der Waals surface area contributed by atoms with E-state index in [0.717, 1.165) is 54.7 Å². The zero-order chi connectivity index (χ0) is 18.1. The smallest absolute Gasteiger partial charge is 0.253 e. The number of hydrogen-bond acceptors (Lipinski definition) is 3. The van der Waals surface area contributed by atoms with Crippen molar-refractivity contribution in [2.75, 3.05) is 19.6 Å². The van der Waals surface area contributed by atoms with Gasteiger partial charge in [-0.1, -0.05) is 36.4 Å². The molecule has 134 valence electrons. The Bertz CT molecular complexity index is 824. The van der Waals surface area contributed by atoms with E-state index < -0.39 is 0 Å². The summed E-state index contributed by atoms with van der Waals surface area (Å²) >= 11 is 0. The van der Waals surface area contributed by atoms with Crippen molar-refractivity contribution in [3.05, 3.63) is 59.7 Å². The molecule has 2 aliphatic rings. The highest BCUT2D eigenvalue weighted by Gasteiger charge is 2.30. The first kappa shape index (κ1) is 17.0. The van der Waals surface area contributed by atoms with E-state index in [9.17, 15) is 9.59 Å². The molecule has 1 N–H and O–H groups in total. The maximum absolute atomic E-state index is 12.8. The van der Waals surface area contributed by atoms with Crippen molar-refractivity contribution in [3.63, 3.8) is 0 Å². The van der Waals surface area contributed by atoms with Gasteiger partial charge in [0.2, 0.25) is 0 Å². The lowest BCUT2D eigenvalue weighted by Gasteiger charge is -2.32. The highest BCUT2D eigenvalue weighted by atomic mass is 16.2. The van der Waals surface area contributed by atoms with E-state index in [1.165, 1.54) is 0 Å². The van der Waals surface area contributed by atoms with Gasteiger partial charge < -0.3 is 10.2 Å². The van der Waals surface area contributed by atoms with E-state index in [1.54, 1.807) is 0 Å². The van der Waals surface area contributed by atoms with Crippen molar-refractivity contribution in [2.24, 2.45) is 5.92 Å². The Balaban J connectivity index is 1.53. The normalized spacial score (nSPS) is 20.0. The standard InChI is InChI=1S/C22H24N2O2/c1-15-14-24(12-11-23-15)22(26)20-4-2-3-19(13-20)16-5-7-17(8-6-16)21(25)18-9-10-18/h2-8,13,15,18,23H,9-12,14H2,1H3. The van der Waals surface area contributed by atoms with Crippen LogP contribution in [-0.4, -0.2) is 42.3 Å². The molecule has 1 aliphatic heterocycles. The second kappa shape index (κ2) is 7.04. The molecule has 0 bridgehead atoms. The fraction of sp³-hybridized carbons (Fsp3) is 0.364. The third kappa shape index (κ3) is 3.56. The van der Waals surface area contributed by atoms with Crippen LogP contribution in [0.3, 0.4) is 0 Å². The van der Waals surface area contributed by atoms with Crippen LogP contribution in [0.15, 0.2) is 48.5 Å². The molecule has 1 saturated heterocycles. The van der Waals surface area contributed by atoms with Crippen LogP contribution in [0.25, 0.3) is 11.1 Å². The van der Waals surface area contributed by atoms with Crippen LogP contribution >= 0.6 is 0 Å². The number of benzene rings is 2. The largest absolute Gasteiger partial charge is 0.336 e. The second-order valence-electron chi connectivity index (χ2n) is 7.40. The van der Waals surface area contributed by atoms with Gasteiger partial charge in [-0.3, -0.25) is 9.59 Å². The first-order chi connectivity index (χ1) is 12.6. The Morgan fingerprint density at radius 1 is 1.00 bits per heavy atom. The maximum atomic E-state index is 12.8. The van der Waals surface area contributed by atoms with Crippen molar-refractivity contribution < 1.29 is 9.59 Å². The van der Waals surface area contributed by atoms with Crippen LogP contribution < -0.4 is 5.32 Å². The van der Waals surface area contributed by atoms with Gasteiger partial charge in [-0.2, -0.15) is 0 Å². The average molecular weight is 348 g/mol. The van der Waals surface area contributed by atoms with Crippen molar-refractivity contribution in [3.8, 4) is 11.1 Å². The number of piperazine rings is 1. The Morgan fingerprint density at radius 3 is 2.46 bits per heavy atom. The predicted molar refractivity (Wildman–Crippen MR) is 102 cm³/mol. The number of hydrogen-bond donors (Lipinski definition) is 1. The molecule has 1 unspecified atom stereocenters. The number of nitrogens with zero attached hydrogens (tertiary/aromatic N) is 1. The summed E-state index contributed by atoms with van der Waals surface area (Å²) in [7, 11) is 0. The first-order valence-electron chi connectivity index (χ1n) is 9.39. The number of Topliss-reactive ketones (excluding diaryl/α,β-unsaturated/α-hetero) is 1. The SMILES string of the molecule is CC1CN(C(=O)c2cccc(-c3ccc(C(=O)C4CC4)cc3)c2)CCN1. The van der Waals surface area contributed by atoms with Gasteiger partial charge in [0.05, 0.1) is 0 Å². The van der Waals surface area contributed by atoms with Crippen molar-refractivity contribution in [1.82, 2.24) is 10.2 Å². The summed E-state index contributed by atoms with van der Waals surface area (Å²) in [6, 6.07) is 15.9. The van der Waals surface area contributed by atoms with Crippen LogP contribution in [-0.2, 0) is 0 Å². The average Bonchev–Trinajstić information content (AvgIpc) is 3.52. The molecule has 1 amide bonds. The van der Waals surface area contributed by atoms with E-state index in [2.05, 4.69) is 12.2 Å². The summed E-state index contributed by atoms with van der Waals surface area (Å²) in [5.41, 5.74) is 3.54. The molecular formula is C22H24N2O2. The third-order valence-corrected chi connectivity index (χ3v) is 5.22. The van der Waals surface area contributed by atoms with Crippen LogP contribution in [0.2, 0.25) is 0 Å². The molecular weight excluding hydrogens is 324 g/mol. The highest BCUT2D eigenvalue weighted by molar-refractivity contribution is 6.00. The van der Waals surface area contributed by atoms with Gasteiger partial charge in [-0.25, -0.2) is 0 Å². The molecule has 1 heterocycles. The van der Waals surface area contributed by atoms with E-state index in [-0.39, 0.29) is 17.6 Å². The molecule has 1 saturated carbocycles. The van der Waals surface area contributed by atoms with E-state index in [4.69, 9.17) is 0 Å². The number of rotatable bonds is 4. The maximum Gasteiger partial charge on any atom is 0.253 e. The lowest BCUT2D eigenvalue weighted by Crippen LogP contribution is -2.51. The Labute approximate surface area is 154 Å². The van der Waals surface area contributed by atoms with E-state index in [0.29, 0.717) is 6.04 Å². The highest BCUT2D eigenvalue weighted by Crippen LogP contribution is 2.33. The summed E-state index contributed by atoms with van der Waals surface area (Å²) < 4.78 is 0. The molecule has 2 fully saturated rings. The van der Waals surface area contributed by atoms with Crippen molar-refractivity contribution in [1.29, 1.82) is 0 Å². The number of nitrogens with one attached hydrogen (secondary N) is 1. The third-order valence-electron chi connectivity index (χ3n) is 5.22. The molecule has 4 heteroatoms. The van der Waals surface area contributed by atoms with Gasteiger partial charge in [0.25, 0.3) is 5.91 Å². The Hall–Kier alpha value is -2.46. The molecule has 1 aliphatic carbocycles. The van der Waals surface area contributed by atoms with Crippen LogP contribution in [0.5, 0.6) is 0 Å². The zero-order valence-corrected chi connectivity index (χ0v) is 15.1. The minimum Gasteiger partial charge on any atom is -0.336 e. The van der Waals surface area contributed by atoms with Crippen LogP contribution in [0.1, 0.15) is 40.5 Å². The fourth-order valence-electron chi connectivity index (χ4n) is 3.54. The molecule has 0 aromatic heterocycles. The van der Waals surface area contributed by atoms with Gasteiger partial charge in [0.15, 0.2) is 5.78 Å². The molecule has 0 radical (unpaired) electrons. The summed E-state index contributed by atoms with van der Waals surface area (Å²) in [4.78, 5) is 26.9. The van der Waals surface area contributed by atoms with Gasteiger partial charge in [0.1, 0.15) is 0 Å². The minimum absolute atomic E-state index is 0.0840. The van der Waals surface area contributed by atoms with Crippen molar-refractivity contribution >= 4 is 11.7 Å². The fourth-order valence-corrected chi connectivity index (χ4v) is 3.54. The van der Waals surface area contributed by atoms with E-state index >= 15 is 0 Å². The number of ketones is 1. The summed E-state index contributed by atoms with van der Waals surface area (Å²) in [5, 5.41) is 3.36. The quantitative estimate of drug-likeness (QED) is 0.862. The topological polar surface area (TPSA) is 49.4 Å². The monoisotopic (exact) mass is 348 g/mol. The summed E-state index contributed by atoms with van der Waals surface area (Å²) in [6.45, 7) is 4.41. The zero-order valence-electron chi connectivity index (χ0n) is 15.1. The van der Waals surface area contributed by atoms with Crippen LogP contribution in [0, 0.1) is 5.92 Å². The second-order valence-corrected chi connectivity index (χ2v) is 7.40. The molecule has 4 rings (SSSR count). The van der Waals surface area contributed by atoms with Gasteiger partial charge in [0, 0.05) is 42.7 Å². The first-order valence-corrected chi connectivity index (χ1v) is 9.39. The summed E-state index contributed by atoms with van der Waals surface area (Å²) in [5.74, 6) is 0.581. The van der Waals surface area contributed by atoms with E-state index in [1.807, 2.05) is 53.4 Å².